The third-order valence-electron chi connectivity index (χ3n) is 3.94. The van der Waals surface area contributed by atoms with Gasteiger partial charge in [0.15, 0.2) is 0 Å². The van der Waals surface area contributed by atoms with Crippen LogP contribution < -0.4 is 5.32 Å². The molecular weight excluding hydrogens is 396 g/mol. The number of amides is 2. The SMILES string of the molecule is O=C(Cc1ccccc1)NC1C(=O)N2C(C(=O)O)=C(CBr)CSC12. The van der Waals surface area contributed by atoms with Gasteiger partial charge in [-0.1, -0.05) is 46.3 Å². The Kier molecular flexibility index (Phi) is 4.96. The summed E-state index contributed by atoms with van der Waals surface area (Å²) in [7, 11) is 0. The van der Waals surface area contributed by atoms with Gasteiger partial charge in [-0.2, -0.15) is 0 Å². The summed E-state index contributed by atoms with van der Waals surface area (Å²) >= 11 is 4.73. The lowest BCUT2D eigenvalue weighted by Gasteiger charge is -2.49. The predicted octanol–water partition coefficient (Wildman–Crippen LogP) is 1.36. The number of halogens is 1. The van der Waals surface area contributed by atoms with Crippen LogP contribution in [0.4, 0.5) is 0 Å². The van der Waals surface area contributed by atoms with Crippen LogP contribution in [0.2, 0.25) is 0 Å². The molecule has 0 radical (unpaired) electrons. The van der Waals surface area contributed by atoms with Crippen LogP contribution in [0.5, 0.6) is 0 Å². The van der Waals surface area contributed by atoms with Gasteiger partial charge in [0.05, 0.1) is 6.42 Å². The Morgan fingerprint density at radius 2 is 2.04 bits per heavy atom. The molecule has 2 aliphatic heterocycles. The molecular formula is C16H15BrN2O4S. The van der Waals surface area contributed by atoms with Crippen LogP contribution in [-0.4, -0.2) is 50.3 Å². The fourth-order valence-electron chi connectivity index (χ4n) is 2.79. The van der Waals surface area contributed by atoms with Gasteiger partial charge >= 0.3 is 5.97 Å². The highest BCUT2D eigenvalue weighted by Crippen LogP contribution is 2.40. The van der Waals surface area contributed by atoms with Crippen LogP contribution in [0.25, 0.3) is 0 Å². The molecule has 0 bridgehead atoms. The lowest BCUT2D eigenvalue weighted by Crippen LogP contribution is -2.70. The van der Waals surface area contributed by atoms with Crippen LogP contribution in [0, 0.1) is 0 Å². The van der Waals surface area contributed by atoms with Crippen LogP contribution in [0.1, 0.15) is 5.56 Å². The summed E-state index contributed by atoms with van der Waals surface area (Å²) in [5.41, 5.74) is 1.57. The van der Waals surface area contributed by atoms with E-state index in [0.717, 1.165) is 5.56 Å². The van der Waals surface area contributed by atoms with Crippen molar-refractivity contribution in [2.24, 2.45) is 0 Å². The zero-order valence-electron chi connectivity index (χ0n) is 12.6. The average Bonchev–Trinajstić information content (AvgIpc) is 2.58. The highest BCUT2D eigenvalue weighted by Gasteiger charge is 2.53. The van der Waals surface area contributed by atoms with Crippen LogP contribution in [0.15, 0.2) is 41.6 Å². The number of benzene rings is 1. The number of rotatable bonds is 5. The number of carbonyl (C=O) groups excluding carboxylic acids is 2. The van der Waals surface area contributed by atoms with Crippen molar-refractivity contribution in [3.8, 4) is 0 Å². The van der Waals surface area contributed by atoms with Gasteiger partial charge in [0.1, 0.15) is 17.1 Å². The highest BCUT2D eigenvalue weighted by atomic mass is 79.9. The van der Waals surface area contributed by atoms with Crippen molar-refractivity contribution in [2.45, 2.75) is 17.8 Å². The number of alkyl halides is 1. The summed E-state index contributed by atoms with van der Waals surface area (Å²) in [5.74, 6) is -1.21. The van der Waals surface area contributed by atoms with Crippen LogP contribution >= 0.6 is 27.7 Å². The number of thioether (sulfide) groups is 1. The van der Waals surface area contributed by atoms with Crippen molar-refractivity contribution in [2.75, 3.05) is 11.1 Å². The molecule has 0 saturated carbocycles. The molecule has 8 heteroatoms. The van der Waals surface area contributed by atoms with Crippen molar-refractivity contribution in [1.29, 1.82) is 0 Å². The molecule has 6 nitrogen and oxygen atoms in total. The smallest absolute Gasteiger partial charge is 0.352 e. The zero-order chi connectivity index (χ0) is 17.3. The van der Waals surface area contributed by atoms with Crippen LogP contribution in [0.3, 0.4) is 0 Å². The average molecular weight is 411 g/mol. The molecule has 1 saturated heterocycles. The quantitative estimate of drug-likeness (QED) is 0.565. The molecule has 0 aliphatic carbocycles. The van der Waals surface area contributed by atoms with Crippen molar-refractivity contribution in [1.82, 2.24) is 10.2 Å². The summed E-state index contributed by atoms with van der Waals surface area (Å²) in [6.45, 7) is 0. The van der Waals surface area contributed by atoms with Crippen LogP contribution in [-0.2, 0) is 20.8 Å². The van der Waals surface area contributed by atoms with E-state index in [0.29, 0.717) is 16.7 Å². The highest BCUT2D eigenvalue weighted by molar-refractivity contribution is 9.09. The molecule has 1 aromatic carbocycles. The Bertz CT molecular complexity index is 722. The molecule has 2 atom stereocenters. The molecule has 126 valence electrons. The molecule has 2 aliphatic rings. The first-order valence-corrected chi connectivity index (χ1v) is 9.49. The van der Waals surface area contributed by atoms with Gasteiger partial charge in [0.2, 0.25) is 5.91 Å². The van der Waals surface area contributed by atoms with Gasteiger partial charge in [-0.05, 0) is 11.1 Å². The Morgan fingerprint density at radius 1 is 1.33 bits per heavy atom. The van der Waals surface area contributed by atoms with Crippen molar-refractivity contribution in [3.63, 3.8) is 0 Å². The maximum absolute atomic E-state index is 12.3. The molecule has 2 unspecified atom stereocenters. The maximum Gasteiger partial charge on any atom is 0.352 e. The van der Waals surface area contributed by atoms with E-state index in [1.807, 2.05) is 30.3 Å². The molecule has 24 heavy (non-hydrogen) atoms. The van der Waals surface area contributed by atoms with Gasteiger partial charge in [-0.25, -0.2) is 4.79 Å². The molecule has 2 amide bonds. The standard InChI is InChI=1S/C16H15BrN2O4S/c17-7-10-8-24-15-12(14(21)19(15)13(10)16(22)23)18-11(20)6-9-4-2-1-3-5-9/h1-5,12,15H,6-8H2,(H,18,20)(H,22,23). The summed E-state index contributed by atoms with van der Waals surface area (Å²) in [4.78, 5) is 37.2. The lowest BCUT2D eigenvalue weighted by atomic mass is 10.0. The number of aliphatic carboxylic acids is 1. The predicted molar refractivity (Wildman–Crippen MR) is 93.6 cm³/mol. The maximum atomic E-state index is 12.3. The van der Waals surface area contributed by atoms with E-state index in [1.54, 1.807) is 0 Å². The normalized spacial score (nSPS) is 22.7. The van der Waals surface area contributed by atoms with Crippen molar-refractivity contribution >= 4 is 45.5 Å². The molecule has 1 aromatic rings. The number of nitrogens with one attached hydrogen (secondary N) is 1. The van der Waals surface area contributed by atoms with Gasteiger partial charge in [0, 0.05) is 11.1 Å². The fourth-order valence-corrected chi connectivity index (χ4v) is 4.86. The lowest BCUT2D eigenvalue weighted by molar-refractivity contribution is -0.150. The number of carboxylic acid groups (broad SMARTS) is 1. The van der Waals surface area contributed by atoms with Gasteiger partial charge in [-0.3, -0.25) is 14.5 Å². The molecule has 0 aromatic heterocycles. The molecule has 1 fully saturated rings. The second-order valence-electron chi connectivity index (χ2n) is 5.51. The molecule has 2 heterocycles. The summed E-state index contributed by atoms with van der Waals surface area (Å²) in [6.07, 6.45) is 0.191. The van der Waals surface area contributed by atoms with E-state index in [-0.39, 0.29) is 29.3 Å². The number of nitrogens with zero attached hydrogens (tertiary/aromatic N) is 1. The van der Waals surface area contributed by atoms with E-state index < -0.39 is 12.0 Å². The molecule has 0 spiro atoms. The zero-order valence-corrected chi connectivity index (χ0v) is 15.0. The largest absolute Gasteiger partial charge is 0.477 e. The third kappa shape index (κ3) is 3.08. The number of hydrogen-bond donors (Lipinski definition) is 2. The van der Waals surface area contributed by atoms with Crippen molar-refractivity contribution < 1.29 is 19.5 Å². The number of carboxylic acids is 1. The van der Waals surface area contributed by atoms with E-state index in [4.69, 9.17) is 0 Å². The first kappa shape index (κ1) is 17.0. The van der Waals surface area contributed by atoms with Crippen molar-refractivity contribution in [3.05, 3.63) is 47.2 Å². The number of carbonyl (C=O) groups is 3. The number of fused-ring (bicyclic) bond motifs is 1. The second kappa shape index (κ2) is 6.98. The summed E-state index contributed by atoms with van der Waals surface area (Å²) < 4.78 is 0. The van der Waals surface area contributed by atoms with E-state index >= 15 is 0 Å². The Balaban J connectivity index is 1.69. The Morgan fingerprint density at radius 3 is 2.67 bits per heavy atom. The van der Waals surface area contributed by atoms with Gasteiger partial charge in [0.25, 0.3) is 5.91 Å². The number of hydrogen-bond acceptors (Lipinski definition) is 4. The minimum Gasteiger partial charge on any atom is -0.477 e. The van der Waals surface area contributed by atoms with E-state index in [1.165, 1.54) is 16.7 Å². The second-order valence-corrected chi connectivity index (χ2v) is 7.17. The topological polar surface area (TPSA) is 86.7 Å². The monoisotopic (exact) mass is 410 g/mol. The minimum absolute atomic E-state index is 0.0363. The molecule has 2 N–H and O–H groups in total. The van der Waals surface area contributed by atoms with Gasteiger partial charge < -0.3 is 10.4 Å². The third-order valence-corrected chi connectivity index (χ3v) is 5.95. The first-order chi connectivity index (χ1) is 11.5. The Labute approximate surface area is 151 Å². The number of β-lactam (4-membered cyclic amide) rings is 1. The van der Waals surface area contributed by atoms with E-state index in [2.05, 4.69) is 21.2 Å². The summed E-state index contributed by atoms with van der Waals surface area (Å²) in [6, 6.07) is 8.59. The first-order valence-electron chi connectivity index (χ1n) is 7.32. The van der Waals surface area contributed by atoms with Gasteiger partial charge in [-0.15, -0.1) is 11.8 Å². The fraction of sp³-hybridized carbons (Fsp3) is 0.312. The summed E-state index contributed by atoms with van der Waals surface area (Å²) in [5, 5.41) is 12.2. The molecule has 3 rings (SSSR count). The minimum atomic E-state index is -1.11. The van der Waals surface area contributed by atoms with E-state index in [9.17, 15) is 19.5 Å². The Hall–Kier alpha value is -1.80.